The van der Waals surface area contributed by atoms with E-state index >= 15 is 0 Å². The van der Waals surface area contributed by atoms with Gasteiger partial charge in [0.1, 0.15) is 0 Å². The van der Waals surface area contributed by atoms with Crippen molar-refractivity contribution < 1.29 is 17.9 Å². The minimum Gasteiger partial charge on any atom is -0.377 e. The smallest absolute Gasteiger partial charge is 0.240 e. The average Bonchev–Trinajstić information content (AvgIpc) is 3.12. The summed E-state index contributed by atoms with van der Waals surface area (Å²) in [5.41, 5.74) is 1.25. The third-order valence-corrected chi connectivity index (χ3v) is 8.03. The van der Waals surface area contributed by atoms with Gasteiger partial charge in [0.25, 0.3) is 0 Å². The Morgan fingerprint density at radius 2 is 1.94 bits per heavy atom. The fourth-order valence-electron chi connectivity index (χ4n) is 4.02. The normalized spacial score (nSPS) is 21.7. The number of carbonyl (C=O) groups is 1. The van der Waals surface area contributed by atoms with E-state index in [-0.39, 0.29) is 12.1 Å². The van der Waals surface area contributed by atoms with E-state index in [1.165, 1.54) is 12.0 Å². The molecule has 8 heteroatoms. The van der Waals surface area contributed by atoms with E-state index in [9.17, 15) is 13.2 Å². The van der Waals surface area contributed by atoms with Gasteiger partial charge in [0.2, 0.25) is 16.4 Å². The Bertz CT molecular complexity index is 885. The van der Waals surface area contributed by atoms with Crippen LogP contribution in [-0.4, -0.2) is 51.6 Å². The first kappa shape index (κ1) is 31.5. The minimum atomic E-state index is -3.37. The highest BCUT2D eigenvalue weighted by molar-refractivity contribution is 9.11. The molecule has 1 saturated heterocycles. The van der Waals surface area contributed by atoms with E-state index in [0.717, 1.165) is 49.4 Å². The Hall–Kier alpha value is -1.48. The first-order valence-corrected chi connectivity index (χ1v) is 15.0. The maximum atomic E-state index is 12.2. The number of morpholine rings is 1. The molecule has 1 N–H and O–H groups in total. The average molecular weight is 572 g/mol. The van der Waals surface area contributed by atoms with Gasteiger partial charge in [-0.05, 0) is 54.8 Å². The summed E-state index contributed by atoms with van der Waals surface area (Å²) < 4.78 is 33.7. The summed E-state index contributed by atoms with van der Waals surface area (Å²) >= 11 is 3.38. The zero-order chi connectivity index (χ0) is 26.1. The van der Waals surface area contributed by atoms with Crippen LogP contribution in [0.5, 0.6) is 0 Å². The molecule has 3 aliphatic rings. The summed E-state index contributed by atoms with van der Waals surface area (Å²) in [6.45, 7) is 10.1. The minimum absolute atomic E-state index is 0.105. The molecule has 198 valence electrons. The van der Waals surface area contributed by atoms with Gasteiger partial charge < -0.3 is 9.64 Å². The van der Waals surface area contributed by atoms with Gasteiger partial charge in [-0.2, -0.15) is 0 Å². The van der Waals surface area contributed by atoms with E-state index in [1.807, 2.05) is 43.9 Å². The largest absolute Gasteiger partial charge is 0.377 e. The molecule has 1 aliphatic heterocycles. The quantitative estimate of drug-likeness (QED) is 0.294. The molecule has 0 unspecified atom stereocenters. The molecule has 0 aromatic carbocycles. The molecule has 35 heavy (non-hydrogen) atoms. The summed E-state index contributed by atoms with van der Waals surface area (Å²) in [5, 5.41) is 0. The summed E-state index contributed by atoms with van der Waals surface area (Å²) in [5.74, 6) is 0. The Labute approximate surface area is 221 Å². The highest BCUT2D eigenvalue weighted by Gasteiger charge is 2.24. The Morgan fingerprint density at radius 1 is 1.23 bits per heavy atom. The molecule has 0 aromatic heterocycles. The second-order valence-electron chi connectivity index (χ2n) is 8.30. The van der Waals surface area contributed by atoms with Gasteiger partial charge in [0.15, 0.2) is 0 Å². The predicted molar refractivity (Wildman–Crippen MR) is 150 cm³/mol. The third-order valence-electron chi connectivity index (χ3n) is 5.90. The van der Waals surface area contributed by atoms with Crippen molar-refractivity contribution in [3.63, 3.8) is 0 Å². The number of ether oxygens (including phenoxy) is 1. The van der Waals surface area contributed by atoms with Crippen LogP contribution < -0.4 is 4.72 Å². The van der Waals surface area contributed by atoms with Crippen LogP contribution in [0.25, 0.3) is 0 Å². The first-order valence-electron chi connectivity index (χ1n) is 12.8. The lowest BCUT2D eigenvalue weighted by Crippen LogP contribution is -2.45. The number of amides is 1. The summed E-state index contributed by atoms with van der Waals surface area (Å²) in [6.07, 6.45) is 21.0. The molecule has 0 bridgehead atoms. The molecule has 1 atom stereocenters. The summed E-state index contributed by atoms with van der Waals surface area (Å²) in [6, 6.07) is 0.228. The second kappa shape index (κ2) is 17.9. The lowest BCUT2D eigenvalue weighted by atomic mass is 9.96. The van der Waals surface area contributed by atoms with Crippen molar-refractivity contribution in [2.24, 2.45) is 0 Å². The maximum Gasteiger partial charge on any atom is 0.240 e. The second-order valence-corrected chi connectivity index (χ2v) is 11.0. The number of hydrogen-bond donors (Lipinski definition) is 1. The zero-order valence-corrected chi connectivity index (χ0v) is 24.1. The van der Waals surface area contributed by atoms with Crippen molar-refractivity contribution in [3.05, 3.63) is 57.5 Å². The fraction of sp³-hybridized carbons (Fsp3) is 0.593. The molecule has 1 amide bonds. The van der Waals surface area contributed by atoms with E-state index < -0.39 is 10.0 Å². The van der Waals surface area contributed by atoms with Crippen molar-refractivity contribution in [2.45, 2.75) is 84.7 Å². The van der Waals surface area contributed by atoms with Crippen molar-refractivity contribution in [1.29, 1.82) is 0 Å². The number of halogens is 1. The van der Waals surface area contributed by atoms with Gasteiger partial charge in [-0.15, -0.1) is 0 Å². The van der Waals surface area contributed by atoms with Crippen LogP contribution in [0.1, 0.15) is 72.6 Å². The van der Waals surface area contributed by atoms with Crippen molar-refractivity contribution in [3.8, 4) is 0 Å². The molecule has 3 rings (SSSR count). The van der Waals surface area contributed by atoms with Crippen LogP contribution in [0.2, 0.25) is 0 Å². The van der Waals surface area contributed by atoms with Crippen LogP contribution >= 0.6 is 15.9 Å². The zero-order valence-electron chi connectivity index (χ0n) is 21.7. The van der Waals surface area contributed by atoms with Gasteiger partial charge in [0.05, 0.1) is 24.2 Å². The highest BCUT2D eigenvalue weighted by atomic mass is 79.9. The number of carbonyl (C=O) groups excluding carboxylic acids is 1. The predicted octanol–water partition coefficient (Wildman–Crippen LogP) is 6.14. The molecule has 1 heterocycles. The third kappa shape index (κ3) is 11.4. The van der Waals surface area contributed by atoms with Gasteiger partial charge in [0, 0.05) is 12.6 Å². The number of rotatable bonds is 7. The van der Waals surface area contributed by atoms with Crippen LogP contribution in [0, 0.1) is 0 Å². The summed E-state index contributed by atoms with van der Waals surface area (Å²) in [4.78, 5) is 13.1. The van der Waals surface area contributed by atoms with E-state index in [4.69, 9.17) is 4.74 Å². The Kier molecular flexibility index (Phi) is 16.1. The number of nitrogens with zero attached hydrogens (tertiary/aromatic N) is 1. The number of nitrogens with one attached hydrogen (secondary N) is 1. The van der Waals surface area contributed by atoms with E-state index in [2.05, 4.69) is 33.7 Å². The van der Waals surface area contributed by atoms with Gasteiger partial charge in [-0.25, -0.2) is 13.1 Å². The highest BCUT2D eigenvalue weighted by Crippen LogP contribution is 2.22. The first-order chi connectivity index (χ1) is 16.9. The monoisotopic (exact) mass is 570 g/mol. The van der Waals surface area contributed by atoms with Crippen LogP contribution in [-0.2, 0) is 19.6 Å². The molecular formula is C27H43BrN2O4S. The SMILES string of the molecule is C/C=C\C=C(/CC)[C@H]1COCCN1C=O.CC.O=S(=O)(NC1CCCCC1)C1=CC=C(Br)CC=C1. The molecule has 6 nitrogen and oxygen atoms in total. The number of allylic oxidation sites excluding steroid dienone is 8. The topological polar surface area (TPSA) is 75.7 Å². The molecule has 0 aromatic rings. The summed E-state index contributed by atoms with van der Waals surface area (Å²) in [7, 11) is -3.37. The van der Waals surface area contributed by atoms with Crippen molar-refractivity contribution >= 4 is 32.4 Å². The molecule has 1 saturated carbocycles. The van der Waals surface area contributed by atoms with Crippen molar-refractivity contribution in [2.75, 3.05) is 19.8 Å². The van der Waals surface area contributed by atoms with E-state index in [1.54, 1.807) is 18.2 Å². The van der Waals surface area contributed by atoms with Crippen molar-refractivity contribution in [1.82, 2.24) is 9.62 Å². The van der Waals surface area contributed by atoms with Gasteiger partial charge in [-0.1, -0.05) is 86.3 Å². The van der Waals surface area contributed by atoms with Crippen LogP contribution in [0.3, 0.4) is 0 Å². The Balaban J connectivity index is 0.000000332. The van der Waals surface area contributed by atoms with Gasteiger partial charge in [-0.3, -0.25) is 4.79 Å². The maximum absolute atomic E-state index is 12.2. The molecule has 2 fully saturated rings. The molecule has 0 radical (unpaired) electrons. The molecule has 2 aliphatic carbocycles. The standard InChI is InChI=1S/C13H18BrNO2S.C12H19NO2.C2H6/c14-11-5-4-8-13(10-9-11)18(16,17)15-12-6-2-1-3-7-12;1-3-5-6-11(4-2)12-9-15-8-7-13(12)10-14;1-2/h4,8-10,12,15H,1-3,5-7H2;3,5-6,10,12H,4,7-9H2,1-2H3;1-2H3/b;5-3-,11-6+;/t;12-;/m.1./s1. The molecule has 0 spiro atoms. The van der Waals surface area contributed by atoms with Crippen LogP contribution in [0.15, 0.2) is 57.5 Å². The molecular weight excluding hydrogens is 528 g/mol. The van der Waals surface area contributed by atoms with E-state index in [0.29, 0.717) is 24.7 Å². The Morgan fingerprint density at radius 3 is 2.57 bits per heavy atom. The van der Waals surface area contributed by atoms with Gasteiger partial charge >= 0.3 is 0 Å². The number of hydrogen-bond acceptors (Lipinski definition) is 4. The lowest BCUT2D eigenvalue weighted by Gasteiger charge is -2.34. The fourth-order valence-corrected chi connectivity index (χ4v) is 5.67. The lowest BCUT2D eigenvalue weighted by molar-refractivity contribution is -0.124. The number of sulfonamides is 1. The van der Waals surface area contributed by atoms with Crippen LogP contribution in [0.4, 0.5) is 0 Å².